The van der Waals surface area contributed by atoms with Crippen LogP contribution in [0.25, 0.3) is 6.08 Å². The molecule has 0 aromatic heterocycles. The predicted molar refractivity (Wildman–Crippen MR) is 102 cm³/mol. The molecule has 1 saturated heterocycles. The average molecular weight is 400 g/mol. The van der Waals surface area contributed by atoms with Crippen molar-refractivity contribution in [3.63, 3.8) is 0 Å². The van der Waals surface area contributed by atoms with Crippen molar-refractivity contribution in [2.24, 2.45) is 5.92 Å². The van der Waals surface area contributed by atoms with Crippen LogP contribution in [0.2, 0.25) is 0 Å². The van der Waals surface area contributed by atoms with Crippen molar-refractivity contribution in [1.82, 2.24) is 0 Å². The highest BCUT2D eigenvalue weighted by Gasteiger charge is 2.46. The van der Waals surface area contributed by atoms with E-state index in [-0.39, 0.29) is 28.6 Å². The molecule has 0 bridgehead atoms. The van der Waals surface area contributed by atoms with Gasteiger partial charge in [-0.3, -0.25) is 4.79 Å². The summed E-state index contributed by atoms with van der Waals surface area (Å²) in [5, 5.41) is 19.5. The van der Waals surface area contributed by atoms with E-state index in [4.69, 9.17) is 18.9 Å². The first kappa shape index (κ1) is 20.1. The number of aromatic hydroxyl groups is 2. The number of methoxy groups -OCH3 is 3. The molecule has 0 unspecified atom stereocenters. The maximum atomic E-state index is 12.6. The van der Waals surface area contributed by atoms with E-state index in [1.54, 1.807) is 6.07 Å². The second-order valence-electron chi connectivity index (χ2n) is 6.29. The Bertz CT molecular complexity index is 979. The molecule has 152 valence electrons. The van der Waals surface area contributed by atoms with Crippen LogP contribution in [0.3, 0.4) is 0 Å². The minimum absolute atomic E-state index is 0.0535. The fourth-order valence-corrected chi connectivity index (χ4v) is 3.16. The number of carbonyl (C=O) groups excluding carboxylic acids is 2. The number of hydrogen-bond acceptors (Lipinski definition) is 8. The van der Waals surface area contributed by atoms with Crippen molar-refractivity contribution in [3.8, 4) is 23.0 Å². The number of ether oxygens (including phenoxy) is 4. The summed E-state index contributed by atoms with van der Waals surface area (Å²) in [6, 6.07) is 8.95. The number of benzene rings is 2. The minimum atomic E-state index is -1.03. The van der Waals surface area contributed by atoms with E-state index in [0.29, 0.717) is 11.1 Å². The number of rotatable bonds is 5. The maximum absolute atomic E-state index is 12.6. The van der Waals surface area contributed by atoms with Crippen molar-refractivity contribution in [2.45, 2.75) is 6.10 Å². The lowest BCUT2D eigenvalue weighted by Gasteiger charge is -2.17. The Hall–Kier alpha value is -3.68. The molecule has 2 N–H and O–H groups in total. The number of carbonyl (C=O) groups is 2. The summed E-state index contributed by atoms with van der Waals surface area (Å²) < 4.78 is 20.5. The third-order valence-electron chi connectivity index (χ3n) is 4.62. The fraction of sp³-hybridized carbons (Fsp3) is 0.238. The number of hydrogen-bond donors (Lipinski definition) is 2. The zero-order valence-electron chi connectivity index (χ0n) is 16.0. The van der Waals surface area contributed by atoms with Crippen molar-refractivity contribution in [3.05, 3.63) is 53.1 Å². The predicted octanol–water partition coefficient (Wildman–Crippen LogP) is 2.59. The van der Waals surface area contributed by atoms with Gasteiger partial charge in [-0.05, 0) is 41.5 Å². The van der Waals surface area contributed by atoms with Gasteiger partial charge >= 0.3 is 11.9 Å². The molecule has 0 amide bonds. The summed E-state index contributed by atoms with van der Waals surface area (Å²) in [4.78, 5) is 25.1. The quantitative estimate of drug-likeness (QED) is 0.582. The highest BCUT2D eigenvalue weighted by atomic mass is 16.6. The van der Waals surface area contributed by atoms with Gasteiger partial charge in [-0.1, -0.05) is 12.1 Å². The molecule has 2 aromatic carbocycles. The van der Waals surface area contributed by atoms with Crippen LogP contribution in [0.4, 0.5) is 0 Å². The van der Waals surface area contributed by atoms with Gasteiger partial charge in [-0.2, -0.15) is 0 Å². The molecule has 1 fully saturated rings. The fourth-order valence-electron chi connectivity index (χ4n) is 3.16. The van der Waals surface area contributed by atoms with E-state index >= 15 is 0 Å². The van der Waals surface area contributed by atoms with Crippen LogP contribution in [0.1, 0.15) is 17.2 Å². The Morgan fingerprint density at radius 2 is 1.62 bits per heavy atom. The maximum Gasteiger partial charge on any atom is 0.335 e. The smallest absolute Gasteiger partial charge is 0.335 e. The SMILES string of the molecule is COC(=O)[C@@H]1/C(=C\c2ccc(O)c(OC)c2)C(=O)O[C@H]1c1ccc(O)c(OC)c1. The van der Waals surface area contributed by atoms with Gasteiger partial charge in [0.05, 0.1) is 26.9 Å². The summed E-state index contributed by atoms with van der Waals surface area (Å²) in [7, 11) is 4.02. The lowest BCUT2D eigenvalue weighted by Crippen LogP contribution is -2.21. The normalized spacial score (nSPS) is 19.7. The number of cyclic esters (lactones) is 1. The Kier molecular flexibility index (Phi) is 5.63. The molecule has 0 radical (unpaired) electrons. The van der Waals surface area contributed by atoms with Gasteiger partial charge in [0.15, 0.2) is 23.0 Å². The molecule has 2 aromatic rings. The number of esters is 2. The van der Waals surface area contributed by atoms with E-state index in [1.807, 2.05) is 0 Å². The van der Waals surface area contributed by atoms with Gasteiger partial charge < -0.3 is 29.2 Å². The molecule has 29 heavy (non-hydrogen) atoms. The van der Waals surface area contributed by atoms with Crippen LogP contribution in [0.15, 0.2) is 42.0 Å². The van der Waals surface area contributed by atoms with Gasteiger partial charge in [0, 0.05) is 0 Å². The topological polar surface area (TPSA) is 112 Å². The average Bonchev–Trinajstić information content (AvgIpc) is 3.05. The van der Waals surface area contributed by atoms with Crippen molar-refractivity contribution >= 4 is 18.0 Å². The monoisotopic (exact) mass is 400 g/mol. The molecule has 1 heterocycles. The van der Waals surface area contributed by atoms with Crippen LogP contribution in [0.5, 0.6) is 23.0 Å². The molecular weight excluding hydrogens is 380 g/mol. The first-order valence-electron chi connectivity index (χ1n) is 8.64. The second-order valence-corrected chi connectivity index (χ2v) is 6.29. The Labute approximate surface area is 166 Å². The lowest BCUT2D eigenvalue weighted by molar-refractivity contribution is -0.147. The van der Waals surface area contributed by atoms with Crippen molar-refractivity contribution in [2.75, 3.05) is 21.3 Å². The van der Waals surface area contributed by atoms with Gasteiger partial charge in [0.2, 0.25) is 0 Å². The Morgan fingerprint density at radius 3 is 2.24 bits per heavy atom. The van der Waals surface area contributed by atoms with Gasteiger partial charge in [-0.25, -0.2) is 4.79 Å². The third kappa shape index (κ3) is 3.82. The summed E-state index contributed by atoms with van der Waals surface area (Å²) in [6.07, 6.45) is 0.540. The van der Waals surface area contributed by atoms with Crippen molar-refractivity contribution in [1.29, 1.82) is 0 Å². The lowest BCUT2D eigenvalue weighted by atomic mass is 9.90. The zero-order valence-corrected chi connectivity index (χ0v) is 16.0. The van der Waals surface area contributed by atoms with Gasteiger partial charge in [0.1, 0.15) is 12.0 Å². The summed E-state index contributed by atoms with van der Waals surface area (Å²) in [5.74, 6) is -2.08. The van der Waals surface area contributed by atoms with E-state index in [2.05, 4.69) is 0 Å². The molecule has 0 saturated carbocycles. The number of phenols is 2. The molecule has 2 atom stereocenters. The van der Waals surface area contributed by atoms with E-state index in [9.17, 15) is 19.8 Å². The first-order valence-corrected chi connectivity index (χ1v) is 8.64. The summed E-state index contributed by atoms with van der Waals surface area (Å²) >= 11 is 0. The summed E-state index contributed by atoms with van der Waals surface area (Å²) in [5.41, 5.74) is 1.10. The van der Waals surface area contributed by atoms with E-state index < -0.39 is 24.0 Å². The van der Waals surface area contributed by atoms with Crippen molar-refractivity contribution < 1.29 is 38.7 Å². The van der Waals surface area contributed by atoms with Crippen LogP contribution in [-0.2, 0) is 19.1 Å². The van der Waals surface area contributed by atoms with E-state index in [0.717, 1.165) is 0 Å². The number of phenolic OH excluding ortho intramolecular Hbond substituents is 2. The first-order chi connectivity index (χ1) is 13.9. The molecule has 3 rings (SSSR count). The highest BCUT2D eigenvalue weighted by molar-refractivity contribution is 6.02. The molecule has 1 aliphatic rings. The second kappa shape index (κ2) is 8.14. The molecule has 8 heteroatoms. The largest absolute Gasteiger partial charge is 0.504 e. The van der Waals surface area contributed by atoms with E-state index in [1.165, 1.54) is 57.7 Å². The Balaban J connectivity index is 2.06. The van der Waals surface area contributed by atoms with Gasteiger partial charge in [0.25, 0.3) is 0 Å². The van der Waals surface area contributed by atoms with Crippen LogP contribution in [0, 0.1) is 5.92 Å². The van der Waals surface area contributed by atoms with Crippen LogP contribution < -0.4 is 9.47 Å². The van der Waals surface area contributed by atoms with Crippen LogP contribution in [-0.4, -0.2) is 43.5 Å². The van der Waals surface area contributed by atoms with Crippen LogP contribution >= 0.6 is 0 Å². The summed E-state index contributed by atoms with van der Waals surface area (Å²) in [6.45, 7) is 0. The standard InChI is InChI=1S/C21H20O8/c1-26-16-9-11(4-6-14(16)22)8-13-18(21(25)28-3)19(29-20(13)24)12-5-7-15(23)17(10-12)27-2/h4-10,18-19,22-23H,1-3H3/b13-8+/t18-,19+/m1/s1. The minimum Gasteiger partial charge on any atom is -0.504 e. The highest BCUT2D eigenvalue weighted by Crippen LogP contribution is 2.43. The molecule has 8 nitrogen and oxygen atoms in total. The third-order valence-corrected chi connectivity index (χ3v) is 4.62. The molecule has 0 aliphatic carbocycles. The molecule has 1 aliphatic heterocycles. The van der Waals surface area contributed by atoms with Gasteiger partial charge in [-0.15, -0.1) is 0 Å². The Morgan fingerprint density at radius 1 is 1.00 bits per heavy atom. The molecular formula is C21H20O8. The zero-order chi connectivity index (χ0) is 21.1. The molecule has 0 spiro atoms.